The molecule has 1 aliphatic heterocycles. The van der Waals surface area contributed by atoms with Crippen molar-refractivity contribution in [2.45, 2.75) is 38.1 Å². The van der Waals surface area contributed by atoms with Crippen LogP contribution in [0.25, 0.3) is 0 Å². The van der Waals surface area contributed by atoms with Crippen molar-refractivity contribution in [3.63, 3.8) is 0 Å². The van der Waals surface area contributed by atoms with Crippen LogP contribution in [0, 0.1) is 23.1 Å². The maximum absolute atomic E-state index is 13.2. The molecule has 1 aromatic rings. The van der Waals surface area contributed by atoms with E-state index < -0.39 is 0 Å². The number of nitrogens with zero attached hydrogens (tertiary/aromatic N) is 2. The molecule has 18 heavy (non-hydrogen) atoms. The number of benzene rings is 1. The molecule has 2 atom stereocenters. The lowest BCUT2D eigenvalue weighted by Crippen LogP contribution is -2.43. The number of halogens is 1. The van der Waals surface area contributed by atoms with Gasteiger partial charge in [0.15, 0.2) is 0 Å². The van der Waals surface area contributed by atoms with E-state index in [4.69, 9.17) is 0 Å². The first-order valence-corrected chi connectivity index (χ1v) is 6.76. The molecule has 0 N–H and O–H groups in total. The molecule has 1 saturated heterocycles. The first-order valence-electron chi connectivity index (χ1n) is 6.76. The fourth-order valence-corrected chi connectivity index (χ4v) is 3.60. The molecule has 3 heteroatoms. The van der Waals surface area contributed by atoms with Gasteiger partial charge in [0.25, 0.3) is 0 Å². The third-order valence-corrected chi connectivity index (χ3v) is 4.38. The van der Waals surface area contributed by atoms with Crippen molar-refractivity contribution in [1.29, 1.82) is 5.26 Å². The van der Waals surface area contributed by atoms with E-state index in [9.17, 15) is 9.65 Å². The average molecular weight is 244 g/mol. The van der Waals surface area contributed by atoms with E-state index in [-0.39, 0.29) is 5.82 Å². The van der Waals surface area contributed by atoms with Crippen LogP contribution in [0.5, 0.6) is 0 Å². The smallest absolute Gasteiger partial charge is 0.124 e. The average Bonchev–Trinajstić information content (AvgIpc) is 2.86. The van der Waals surface area contributed by atoms with Gasteiger partial charge in [-0.25, -0.2) is 4.39 Å². The lowest BCUT2D eigenvalue weighted by molar-refractivity contribution is 0.362. The summed E-state index contributed by atoms with van der Waals surface area (Å²) in [4.78, 5) is 2.35. The molecular weight excluding hydrogens is 227 g/mol. The van der Waals surface area contributed by atoms with Crippen LogP contribution in [-0.4, -0.2) is 12.6 Å². The normalized spacial score (nSPS) is 26.8. The van der Waals surface area contributed by atoms with E-state index in [1.54, 1.807) is 6.07 Å². The summed E-state index contributed by atoms with van der Waals surface area (Å²) in [7, 11) is 0. The van der Waals surface area contributed by atoms with Crippen molar-refractivity contribution in [3.8, 4) is 6.07 Å². The molecule has 0 aromatic heterocycles. The highest BCUT2D eigenvalue weighted by Crippen LogP contribution is 2.39. The Labute approximate surface area is 107 Å². The van der Waals surface area contributed by atoms with Gasteiger partial charge < -0.3 is 4.90 Å². The molecule has 2 aliphatic rings. The van der Waals surface area contributed by atoms with E-state index in [2.05, 4.69) is 11.0 Å². The molecule has 2 unspecified atom stereocenters. The van der Waals surface area contributed by atoms with E-state index in [1.165, 1.54) is 44.2 Å². The lowest BCUT2D eigenvalue weighted by atomic mass is 9.91. The van der Waals surface area contributed by atoms with E-state index >= 15 is 0 Å². The molecule has 3 rings (SSSR count). The largest absolute Gasteiger partial charge is 0.367 e. The minimum atomic E-state index is -0.324. The molecule has 1 aliphatic carbocycles. The Morgan fingerprint density at radius 3 is 2.89 bits per heavy atom. The van der Waals surface area contributed by atoms with E-state index in [0.717, 1.165) is 18.2 Å². The lowest BCUT2D eigenvalue weighted by Gasteiger charge is -2.39. The van der Waals surface area contributed by atoms with Crippen LogP contribution in [0.4, 0.5) is 10.1 Å². The van der Waals surface area contributed by atoms with Gasteiger partial charge in [0.2, 0.25) is 0 Å². The molecule has 2 nitrogen and oxygen atoms in total. The van der Waals surface area contributed by atoms with Gasteiger partial charge in [0.05, 0.1) is 11.3 Å². The Balaban J connectivity index is 1.96. The Kier molecular flexibility index (Phi) is 2.95. The van der Waals surface area contributed by atoms with Gasteiger partial charge in [-0.15, -0.1) is 0 Å². The van der Waals surface area contributed by atoms with Gasteiger partial charge in [-0.1, -0.05) is 6.42 Å². The third-order valence-electron chi connectivity index (χ3n) is 4.38. The summed E-state index contributed by atoms with van der Waals surface area (Å²) in [6.45, 7) is 1.00. The molecule has 0 spiro atoms. The Morgan fingerprint density at radius 2 is 2.06 bits per heavy atom. The predicted octanol–water partition coefficient (Wildman–Crippen LogP) is 3.47. The summed E-state index contributed by atoms with van der Waals surface area (Å²) in [5.41, 5.74) is 1.40. The van der Waals surface area contributed by atoms with Crippen LogP contribution in [0.15, 0.2) is 18.2 Å². The zero-order valence-electron chi connectivity index (χ0n) is 10.4. The molecular formula is C15H17FN2. The van der Waals surface area contributed by atoms with Crippen molar-refractivity contribution < 1.29 is 4.39 Å². The number of nitriles is 1. The summed E-state index contributed by atoms with van der Waals surface area (Å²) in [5, 5.41) is 9.17. The van der Waals surface area contributed by atoms with Gasteiger partial charge in [0.1, 0.15) is 11.9 Å². The van der Waals surface area contributed by atoms with Crippen LogP contribution >= 0.6 is 0 Å². The maximum Gasteiger partial charge on any atom is 0.124 e. The summed E-state index contributed by atoms with van der Waals surface area (Å²) in [6, 6.07) is 7.29. The van der Waals surface area contributed by atoms with Gasteiger partial charge in [-0.05, 0) is 49.8 Å². The second-order valence-corrected chi connectivity index (χ2v) is 5.37. The minimum Gasteiger partial charge on any atom is -0.367 e. The quantitative estimate of drug-likeness (QED) is 0.756. The molecule has 1 aromatic carbocycles. The Bertz CT molecular complexity index is 492. The molecule has 0 bridgehead atoms. The Morgan fingerprint density at radius 1 is 1.22 bits per heavy atom. The fourth-order valence-electron chi connectivity index (χ4n) is 3.60. The topological polar surface area (TPSA) is 27.0 Å². The summed E-state index contributed by atoms with van der Waals surface area (Å²) in [6.07, 6.45) is 6.31. The van der Waals surface area contributed by atoms with Gasteiger partial charge in [0, 0.05) is 12.6 Å². The second-order valence-electron chi connectivity index (χ2n) is 5.37. The fraction of sp³-hybridized carbons (Fsp3) is 0.533. The standard InChI is InChI=1S/C15H17FN2/c16-13-6-7-15(12(9-13)10-17)18-8-2-4-11-3-1-5-14(11)18/h6-7,9,11,14H,1-5,8H2. The minimum absolute atomic E-state index is 0.324. The monoisotopic (exact) mass is 244 g/mol. The number of hydrogen-bond acceptors (Lipinski definition) is 2. The molecule has 1 saturated carbocycles. The number of rotatable bonds is 1. The zero-order chi connectivity index (χ0) is 12.5. The highest BCUT2D eigenvalue weighted by atomic mass is 19.1. The summed E-state index contributed by atoms with van der Waals surface area (Å²) < 4.78 is 13.2. The first kappa shape index (κ1) is 11.5. The molecule has 0 amide bonds. The second kappa shape index (κ2) is 4.61. The van der Waals surface area contributed by atoms with Crippen molar-refractivity contribution in [3.05, 3.63) is 29.6 Å². The molecule has 1 heterocycles. The van der Waals surface area contributed by atoms with Crippen LogP contribution in [0.3, 0.4) is 0 Å². The van der Waals surface area contributed by atoms with Crippen molar-refractivity contribution >= 4 is 5.69 Å². The summed E-state index contributed by atoms with van der Waals surface area (Å²) >= 11 is 0. The van der Waals surface area contributed by atoms with Gasteiger partial charge >= 0.3 is 0 Å². The number of fused-ring (bicyclic) bond motifs is 1. The third kappa shape index (κ3) is 1.86. The SMILES string of the molecule is N#Cc1cc(F)ccc1N1CCCC2CCCC21. The van der Waals surface area contributed by atoms with Crippen molar-refractivity contribution in [1.82, 2.24) is 0 Å². The van der Waals surface area contributed by atoms with Gasteiger partial charge in [-0.2, -0.15) is 5.26 Å². The highest BCUT2D eigenvalue weighted by molar-refractivity contribution is 5.60. The zero-order valence-corrected chi connectivity index (χ0v) is 10.4. The summed E-state index contributed by atoms with van der Waals surface area (Å²) in [5.74, 6) is 0.450. The maximum atomic E-state index is 13.2. The predicted molar refractivity (Wildman–Crippen MR) is 68.8 cm³/mol. The van der Waals surface area contributed by atoms with Crippen molar-refractivity contribution in [2.24, 2.45) is 5.92 Å². The highest BCUT2D eigenvalue weighted by Gasteiger charge is 2.35. The molecule has 94 valence electrons. The number of piperidine rings is 1. The van der Waals surface area contributed by atoms with E-state index in [1.807, 2.05) is 0 Å². The van der Waals surface area contributed by atoms with Gasteiger partial charge in [-0.3, -0.25) is 0 Å². The Hall–Kier alpha value is -1.56. The van der Waals surface area contributed by atoms with Crippen molar-refractivity contribution in [2.75, 3.05) is 11.4 Å². The van der Waals surface area contributed by atoms with Crippen LogP contribution in [-0.2, 0) is 0 Å². The van der Waals surface area contributed by atoms with Crippen LogP contribution < -0.4 is 4.90 Å². The molecule has 0 radical (unpaired) electrons. The molecule has 2 fully saturated rings. The van der Waals surface area contributed by atoms with Crippen LogP contribution in [0.2, 0.25) is 0 Å². The number of hydrogen-bond donors (Lipinski definition) is 0. The first-order chi connectivity index (χ1) is 8.79. The van der Waals surface area contributed by atoms with Crippen LogP contribution in [0.1, 0.15) is 37.7 Å². The number of anilines is 1. The van der Waals surface area contributed by atoms with E-state index in [0.29, 0.717) is 11.6 Å².